The number of urea groups is 1. The number of benzene rings is 1. The molecule has 3 amide bonds. The molecular weight excluding hydrogens is 668 g/mol. The summed E-state index contributed by atoms with van der Waals surface area (Å²) in [7, 11) is 1.88. The number of hydrogen-bond acceptors (Lipinski definition) is 7. The highest BCUT2D eigenvalue weighted by atomic mass is 32.2. The van der Waals surface area contributed by atoms with Crippen molar-refractivity contribution in [3.8, 4) is 0 Å². The van der Waals surface area contributed by atoms with E-state index in [1.807, 2.05) is 47.3 Å². The van der Waals surface area contributed by atoms with Crippen LogP contribution in [0.1, 0.15) is 64.0 Å². The van der Waals surface area contributed by atoms with E-state index in [9.17, 15) is 18.8 Å². The second kappa shape index (κ2) is 15.9. The average Bonchev–Trinajstić information content (AvgIpc) is 3.81. The Morgan fingerprint density at radius 3 is 2.81 bits per heavy atom. The van der Waals surface area contributed by atoms with Crippen LogP contribution in [0.4, 0.5) is 14.9 Å². The van der Waals surface area contributed by atoms with E-state index >= 15 is 0 Å². The highest BCUT2D eigenvalue weighted by Crippen LogP contribution is 2.45. The number of halogens is 1. The van der Waals surface area contributed by atoms with Gasteiger partial charge in [0.25, 0.3) is 5.56 Å². The molecule has 0 unspecified atom stereocenters. The van der Waals surface area contributed by atoms with Crippen molar-refractivity contribution >= 4 is 63.6 Å². The van der Waals surface area contributed by atoms with Crippen LogP contribution in [-0.2, 0) is 17.9 Å². The van der Waals surface area contributed by atoms with Crippen LogP contribution in [0.3, 0.4) is 0 Å². The zero-order chi connectivity index (χ0) is 33.6. The minimum Gasteiger partial charge on any atom is -0.356 e. The van der Waals surface area contributed by atoms with Crippen molar-refractivity contribution < 1.29 is 18.5 Å². The molecule has 1 aromatic carbocycles. The van der Waals surface area contributed by atoms with Gasteiger partial charge in [-0.2, -0.15) is 16.3 Å². The largest absolute Gasteiger partial charge is 0.356 e. The van der Waals surface area contributed by atoms with Crippen molar-refractivity contribution in [2.24, 2.45) is 0 Å². The topological polar surface area (TPSA) is 99.3 Å². The lowest BCUT2D eigenvalue weighted by Gasteiger charge is -2.16. The molecule has 2 aromatic heterocycles. The summed E-state index contributed by atoms with van der Waals surface area (Å²) in [6.45, 7) is 4.12. The summed E-state index contributed by atoms with van der Waals surface area (Å²) in [5, 5.41) is 10.4. The van der Waals surface area contributed by atoms with Gasteiger partial charge >= 0.3 is 6.03 Å². The molecule has 0 bridgehead atoms. The first-order chi connectivity index (χ1) is 23.3. The standard InChI is InChI=1S/C35H43FN6O3S3/c1-3-42-30(48-32(33(42)44)34-40(2)26-20-23(36)15-16-27(26)47-34)21-24-12-8-11-19-41(24)18-10-5-4-9-17-37-29(43)14-7-6-13-28-31-25(22-46-28)38-35(45)39-31/h8,11-12,15-16,19-21,25,28,31H,3-7,9-10,13-14,17-18,22H2,1-2H3,(H2-,37,38,39,43,45)/p+1/b34-32+/t25-,28-,31-/m0/s1. The molecular formula is C35H44FN6O3S3+. The molecule has 3 aliphatic heterocycles. The van der Waals surface area contributed by atoms with Gasteiger partial charge in [0, 0.05) is 67.1 Å². The maximum atomic E-state index is 13.9. The molecule has 3 N–H and O–H groups in total. The van der Waals surface area contributed by atoms with Gasteiger partial charge in [-0.15, -0.1) is 11.3 Å². The molecule has 0 radical (unpaired) electrons. The number of carbonyl (C=O) groups excluding carboxylic acids is 2. The number of hydrogen-bond donors (Lipinski definition) is 3. The number of thiazole rings is 1. The van der Waals surface area contributed by atoms with Crippen LogP contribution in [0.15, 0.2) is 52.3 Å². The van der Waals surface area contributed by atoms with Crippen LogP contribution < -0.4 is 40.2 Å². The van der Waals surface area contributed by atoms with Crippen LogP contribution in [0, 0.1) is 5.82 Å². The molecule has 48 heavy (non-hydrogen) atoms. The Morgan fingerprint density at radius 1 is 1.10 bits per heavy atom. The van der Waals surface area contributed by atoms with E-state index in [1.165, 1.54) is 35.2 Å². The third-order valence-electron chi connectivity index (χ3n) is 9.19. The molecule has 13 heteroatoms. The number of rotatable bonds is 14. The summed E-state index contributed by atoms with van der Waals surface area (Å²) in [5.41, 5.74) is 1.80. The third kappa shape index (κ3) is 7.94. The molecule has 256 valence electrons. The fourth-order valence-electron chi connectivity index (χ4n) is 6.59. The van der Waals surface area contributed by atoms with E-state index < -0.39 is 0 Å². The fourth-order valence-corrected chi connectivity index (χ4v) is 10.6. The highest BCUT2D eigenvalue weighted by Gasteiger charge is 2.42. The number of thioether (sulfide) groups is 2. The lowest BCUT2D eigenvalue weighted by molar-refractivity contribution is -0.699. The van der Waals surface area contributed by atoms with Crippen molar-refractivity contribution in [1.29, 1.82) is 0 Å². The molecule has 5 heterocycles. The number of unbranched alkanes of at least 4 members (excludes halogenated alkanes) is 4. The van der Waals surface area contributed by atoms with Crippen molar-refractivity contribution in [3.63, 3.8) is 0 Å². The van der Waals surface area contributed by atoms with Crippen LogP contribution in [0.5, 0.6) is 0 Å². The predicted octanol–water partition coefficient (Wildman–Crippen LogP) is 3.90. The molecule has 6 rings (SSSR count). The zero-order valence-electron chi connectivity index (χ0n) is 27.5. The van der Waals surface area contributed by atoms with E-state index in [-0.39, 0.29) is 35.4 Å². The van der Waals surface area contributed by atoms with Crippen LogP contribution >= 0.6 is 34.9 Å². The predicted molar refractivity (Wildman–Crippen MR) is 193 cm³/mol. The molecule has 0 aliphatic carbocycles. The second-order valence-corrected chi connectivity index (χ2v) is 15.8. The van der Waals surface area contributed by atoms with Gasteiger partial charge in [0.1, 0.15) is 26.6 Å². The number of nitrogens with zero attached hydrogens (tertiary/aromatic N) is 3. The summed E-state index contributed by atoms with van der Waals surface area (Å²) in [6, 6.07) is 11.3. The third-order valence-corrected chi connectivity index (χ3v) is 13.2. The van der Waals surface area contributed by atoms with E-state index in [4.69, 9.17) is 0 Å². The molecule has 2 fully saturated rings. The minimum absolute atomic E-state index is 0.0230. The Bertz CT molecular complexity index is 1830. The van der Waals surface area contributed by atoms with E-state index in [0.717, 1.165) is 83.2 Å². The van der Waals surface area contributed by atoms with Crippen LogP contribution in [-0.4, -0.2) is 53.2 Å². The number of anilines is 1. The van der Waals surface area contributed by atoms with Crippen molar-refractivity contribution in [2.75, 3.05) is 24.2 Å². The van der Waals surface area contributed by atoms with Gasteiger partial charge in [-0.3, -0.25) is 14.2 Å². The first-order valence-corrected chi connectivity index (χ1v) is 19.6. The first kappa shape index (κ1) is 34.6. The second-order valence-electron chi connectivity index (χ2n) is 12.5. The monoisotopic (exact) mass is 711 g/mol. The number of carbonyl (C=O) groups is 2. The van der Waals surface area contributed by atoms with Gasteiger partial charge in [-0.1, -0.05) is 24.6 Å². The van der Waals surface area contributed by atoms with Gasteiger partial charge in [-0.25, -0.2) is 9.18 Å². The number of aryl methyl sites for hydroxylation is 1. The Morgan fingerprint density at radius 2 is 1.96 bits per heavy atom. The molecule has 3 aromatic rings. The van der Waals surface area contributed by atoms with E-state index in [0.29, 0.717) is 29.3 Å². The maximum absolute atomic E-state index is 13.9. The zero-order valence-corrected chi connectivity index (χ0v) is 30.0. The van der Waals surface area contributed by atoms with Gasteiger partial charge in [0.05, 0.1) is 17.8 Å². The SMILES string of the molecule is CCn1c(=O)/c(=C2\Sc3ccc(F)cc3N2C)s/c1=C\c1cccc[n+]1CCCCCCNC(=O)CCCC[C@@H]1SC[C@@H]2NC(=O)N[C@@H]21. The molecule has 2 saturated heterocycles. The average molecular weight is 712 g/mol. The van der Waals surface area contributed by atoms with Gasteiger partial charge < -0.3 is 20.9 Å². The Balaban J connectivity index is 0.955. The summed E-state index contributed by atoms with van der Waals surface area (Å²) in [5.74, 6) is 0.805. The quantitative estimate of drug-likeness (QED) is 0.133. The first-order valence-electron chi connectivity index (χ1n) is 16.9. The fraction of sp³-hybridized carbons (Fsp3) is 0.486. The maximum Gasteiger partial charge on any atom is 0.315 e. The van der Waals surface area contributed by atoms with Gasteiger partial charge in [0.2, 0.25) is 11.6 Å². The number of fused-ring (bicyclic) bond motifs is 2. The number of pyridine rings is 1. The Hall–Kier alpha value is -3.29. The van der Waals surface area contributed by atoms with Crippen molar-refractivity contribution in [3.05, 3.63) is 73.7 Å². The summed E-state index contributed by atoms with van der Waals surface area (Å²) < 4.78 is 19.5. The van der Waals surface area contributed by atoms with Crippen LogP contribution in [0.2, 0.25) is 0 Å². The van der Waals surface area contributed by atoms with Crippen molar-refractivity contribution in [2.45, 2.75) is 93.6 Å². The molecule has 3 aliphatic rings. The summed E-state index contributed by atoms with van der Waals surface area (Å²) >= 11 is 4.91. The molecule has 0 saturated carbocycles. The Labute approximate surface area is 293 Å². The number of aromatic nitrogens is 2. The summed E-state index contributed by atoms with van der Waals surface area (Å²) in [6.07, 6.45) is 11.7. The lowest BCUT2D eigenvalue weighted by Crippen LogP contribution is -2.38. The molecule has 3 atom stereocenters. The van der Waals surface area contributed by atoms with Crippen molar-refractivity contribution in [1.82, 2.24) is 20.5 Å². The normalized spacial score (nSPS) is 21.3. The van der Waals surface area contributed by atoms with E-state index in [2.05, 4.69) is 38.9 Å². The number of amides is 3. The molecule has 0 spiro atoms. The van der Waals surface area contributed by atoms with Crippen LogP contribution in [0.25, 0.3) is 11.1 Å². The Kier molecular flexibility index (Phi) is 11.5. The minimum atomic E-state index is -0.288. The lowest BCUT2D eigenvalue weighted by atomic mass is 10.0. The van der Waals surface area contributed by atoms with Gasteiger partial charge in [0.15, 0.2) is 6.20 Å². The molecule has 9 nitrogen and oxygen atoms in total. The summed E-state index contributed by atoms with van der Waals surface area (Å²) in [4.78, 5) is 40.2. The van der Waals surface area contributed by atoms with E-state index in [1.54, 1.807) is 6.07 Å². The highest BCUT2D eigenvalue weighted by molar-refractivity contribution is 8.08. The smallest absolute Gasteiger partial charge is 0.315 e. The van der Waals surface area contributed by atoms with Gasteiger partial charge in [-0.05, 0) is 56.9 Å². The number of nitrogens with one attached hydrogen (secondary N) is 3.